The predicted octanol–water partition coefficient (Wildman–Crippen LogP) is 2.62. The second-order valence-electron chi connectivity index (χ2n) is 4.32. The van der Waals surface area contributed by atoms with Gasteiger partial charge in [0.1, 0.15) is 0 Å². The first-order valence-electron chi connectivity index (χ1n) is 5.92. The van der Waals surface area contributed by atoms with Gasteiger partial charge in [-0.25, -0.2) is 0 Å². The lowest BCUT2D eigenvalue weighted by atomic mass is 9.95. The second-order valence-corrected chi connectivity index (χ2v) is 4.70. The third kappa shape index (κ3) is 2.67. The van der Waals surface area contributed by atoms with Crippen LogP contribution in [0.5, 0.6) is 0 Å². The molecule has 0 N–H and O–H groups in total. The van der Waals surface area contributed by atoms with Crippen LogP contribution in [0.1, 0.15) is 38.0 Å². The lowest BCUT2D eigenvalue weighted by Crippen LogP contribution is -2.33. The van der Waals surface area contributed by atoms with Gasteiger partial charge in [-0.2, -0.15) is 0 Å². The van der Waals surface area contributed by atoms with E-state index in [-0.39, 0.29) is 0 Å². The number of alkyl halides is 1. The first-order valence-corrected chi connectivity index (χ1v) is 6.46. The summed E-state index contributed by atoms with van der Waals surface area (Å²) in [4.78, 5) is 2.11. The quantitative estimate of drug-likeness (QED) is 0.763. The molecule has 1 aromatic heterocycles. The molecule has 1 aromatic rings. The number of rotatable bonds is 4. The fourth-order valence-corrected chi connectivity index (χ4v) is 2.36. The molecule has 1 fully saturated rings. The van der Waals surface area contributed by atoms with Crippen LogP contribution in [0.2, 0.25) is 0 Å². The minimum atomic E-state index is 0.523. The molecule has 0 atom stereocenters. The van der Waals surface area contributed by atoms with Crippen molar-refractivity contribution >= 4 is 17.6 Å². The number of hydrogen-bond donors (Lipinski definition) is 0. The molecule has 4 nitrogen and oxygen atoms in total. The van der Waals surface area contributed by atoms with E-state index in [1.807, 2.05) is 7.05 Å². The van der Waals surface area contributed by atoms with Crippen LogP contribution >= 0.6 is 11.6 Å². The molecule has 16 heavy (non-hydrogen) atoms. The zero-order chi connectivity index (χ0) is 11.4. The van der Waals surface area contributed by atoms with Crippen molar-refractivity contribution in [1.29, 1.82) is 0 Å². The van der Waals surface area contributed by atoms with Crippen LogP contribution in [0.3, 0.4) is 0 Å². The molecule has 0 saturated heterocycles. The van der Waals surface area contributed by atoms with E-state index in [0.29, 0.717) is 30.2 Å². The van der Waals surface area contributed by atoms with E-state index in [2.05, 4.69) is 15.1 Å². The van der Waals surface area contributed by atoms with Crippen molar-refractivity contribution in [3.63, 3.8) is 0 Å². The average Bonchev–Trinajstić information content (AvgIpc) is 2.78. The molecule has 0 spiro atoms. The molecule has 0 aromatic carbocycles. The Labute approximate surface area is 101 Å². The largest absolute Gasteiger partial charge is 0.408 e. The first kappa shape index (κ1) is 11.7. The molecule has 2 rings (SSSR count). The summed E-state index contributed by atoms with van der Waals surface area (Å²) < 4.78 is 5.56. The summed E-state index contributed by atoms with van der Waals surface area (Å²) in [5.74, 6) is 1.15. The van der Waals surface area contributed by atoms with Gasteiger partial charge in [0.2, 0.25) is 5.89 Å². The van der Waals surface area contributed by atoms with E-state index in [9.17, 15) is 0 Å². The van der Waals surface area contributed by atoms with Crippen molar-refractivity contribution < 1.29 is 4.42 Å². The SMILES string of the molecule is CN(c1nnc(CCCl)o1)C1CCCCC1. The fourth-order valence-electron chi connectivity index (χ4n) is 2.19. The van der Waals surface area contributed by atoms with E-state index in [1.54, 1.807) is 0 Å². The number of nitrogens with zero attached hydrogens (tertiary/aromatic N) is 3. The lowest BCUT2D eigenvalue weighted by Gasteiger charge is -2.29. The van der Waals surface area contributed by atoms with Gasteiger partial charge in [-0.3, -0.25) is 0 Å². The molecule has 90 valence electrons. The second kappa shape index (κ2) is 5.53. The fraction of sp³-hybridized carbons (Fsp3) is 0.818. The monoisotopic (exact) mass is 243 g/mol. The van der Waals surface area contributed by atoms with Gasteiger partial charge >= 0.3 is 6.01 Å². The maximum absolute atomic E-state index is 5.63. The highest BCUT2D eigenvalue weighted by molar-refractivity contribution is 6.17. The Hall–Kier alpha value is -0.770. The molecule has 1 heterocycles. The van der Waals surface area contributed by atoms with Gasteiger partial charge in [0.15, 0.2) is 0 Å². The number of aromatic nitrogens is 2. The number of halogens is 1. The zero-order valence-corrected chi connectivity index (χ0v) is 10.4. The van der Waals surface area contributed by atoms with Gasteiger partial charge in [-0.1, -0.05) is 24.4 Å². The Balaban J connectivity index is 1.98. The van der Waals surface area contributed by atoms with Gasteiger partial charge in [0, 0.05) is 25.4 Å². The van der Waals surface area contributed by atoms with Crippen LogP contribution < -0.4 is 4.90 Å². The molecule has 1 aliphatic carbocycles. The smallest absolute Gasteiger partial charge is 0.318 e. The molecule has 0 bridgehead atoms. The van der Waals surface area contributed by atoms with Gasteiger partial charge < -0.3 is 9.32 Å². The van der Waals surface area contributed by atoms with Crippen LogP contribution in [-0.4, -0.2) is 29.2 Å². The summed E-state index contributed by atoms with van der Waals surface area (Å²) in [6.07, 6.45) is 7.06. The molecule has 0 unspecified atom stereocenters. The van der Waals surface area contributed by atoms with Crippen molar-refractivity contribution in [1.82, 2.24) is 10.2 Å². The Kier molecular flexibility index (Phi) is 4.04. The summed E-state index contributed by atoms with van der Waals surface area (Å²) in [6, 6.07) is 1.19. The molecule has 1 aliphatic rings. The van der Waals surface area contributed by atoms with E-state index in [4.69, 9.17) is 16.0 Å². The third-order valence-corrected chi connectivity index (χ3v) is 3.38. The van der Waals surface area contributed by atoms with Gasteiger partial charge in [0.05, 0.1) is 0 Å². The van der Waals surface area contributed by atoms with Crippen LogP contribution in [0, 0.1) is 0 Å². The summed E-state index contributed by atoms with van der Waals surface area (Å²) in [6.45, 7) is 0. The molecule has 0 aliphatic heterocycles. The summed E-state index contributed by atoms with van der Waals surface area (Å²) in [5.41, 5.74) is 0. The number of hydrogen-bond acceptors (Lipinski definition) is 4. The van der Waals surface area contributed by atoms with Crippen molar-refractivity contribution in [2.45, 2.75) is 44.6 Å². The average molecular weight is 244 g/mol. The minimum absolute atomic E-state index is 0.523. The molecule has 0 radical (unpaired) electrons. The predicted molar refractivity (Wildman–Crippen MR) is 64.0 cm³/mol. The molecule has 0 amide bonds. The minimum Gasteiger partial charge on any atom is -0.408 e. The Morgan fingerprint density at radius 1 is 1.31 bits per heavy atom. The first-order chi connectivity index (χ1) is 7.81. The number of anilines is 1. The lowest BCUT2D eigenvalue weighted by molar-refractivity contribution is 0.400. The Morgan fingerprint density at radius 3 is 2.75 bits per heavy atom. The van der Waals surface area contributed by atoms with Crippen LogP contribution in [0.15, 0.2) is 4.42 Å². The van der Waals surface area contributed by atoms with Crippen molar-refractivity contribution in [3.8, 4) is 0 Å². The Bertz CT molecular complexity index is 323. The summed E-state index contributed by atoms with van der Waals surface area (Å²) in [7, 11) is 2.04. The highest BCUT2D eigenvalue weighted by Gasteiger charge is 2.21. The molecular weight excluding hydrogens is 226 g/mol. The highest BCUT2D eigenvalue weighted by atomic mass is 35.5. The molecule has 5 heteroatoms. The van der Waals surface area contributed by atoms with Crippen LogP contribution in [0.4, 0.5) is 6.01 Å². The summed E-state index contributed by atoms with van der Waals surface area (Å²) in [5, 5.41) is 8.04. The standard InChI is InChI=1S/C11H18ClN3O/c1-15(9-5-3-2-4-6-9)11-14-13-10(16-11)7-8-12/h9H,2-8H2,1H3. The van der Waals surface area contributed by atoms with E-state index in [0.717, 1.165) is 0 Å². The van der Waals surface area contributed by atoms with E-state index >= 15 is 0 Å². The topological polar surface area (TPSA) is 42.2 Å². The van der Waals surface area contributed by atoms with E-state index in [1.165, 1.54) is 32.1 Å². The van der Waals surface area contributed by atoms with Crippen LogP contribution in [-0.2, 0) is 6.42 Å². The summed E-state index contributed by atoms with van der Waals surface area (Å²) >= 11 is 5.63. The Morgan fingerprint density at radius 2 is 2.06 bits per heavy atom. The zero-order valence-electron chi connectivity index (χ0n) is 9.65. The van der Waals surface area contributed by atoms with Crippen LogP contribution in [0.25, 0.3) is 0 Å². The van der Waals surface area contributed by atoms with Crippen molar-refractivity contribution in [3.05, 3.63) is 5.89 Å². The van der Waals surface area contributed by atoms with Crippen molar-refractivity contribution in [2.75, 3.05) is 17.8 Å². The maximum Gasteiger partial charge on any atom is 0.318 e. The molecular formula is C11H18ClN3O. The highest BCUT2D eigenvalue weighted by Crippen LogP contribution is 2.25. The number of aryl methyl sites for hydroxylation is 1. The van der Waals surface area contributed by atoms with Crippen molar-refractivity contribution in [2.24, 2.45) is 0 Å². The van der Waals surface area contributed by atoms with Gasteiger partial charge in [0.25, 0.3) is 0 Å². The maximum atomic E-state index is 5.63. The van der Waals surface area contributed by atoms with Gasteiger partial charge in [-0.05, 0) is 12.8 Å². The third-order valence-electron chi connectivity index (χ3n) is 3.19. The van der Waals surface area contributed by atoms with Gasteiger partial charge in [-0.15, -0.1) is 16.7 Å². The van der Waals surface area contributed by atoms with E-state index < -0.39 is 0 Å². The normalized spacial score (nSPS) is 17.6. The molecule has 1 saturated carbocycles.